The van der Waals surface area contributed by atoms with E-state index in [0.717, 1.165) is 11.3 Å². The molecule has 1 heterocycles. The molecule has 1 fully saturated rings. The van der Waals surface area contributed by atoms with Crippen LogP contribution in [-0.2, 0) is 0 Å². The summed E-state index contributed by atoms with van der Waals surface area (Å²) in [4.78, 5) is 17.3. The van der Waals surface area contributed by atoms with Gasteiger partial charge in [-0.3, -0.25) is 9.78 Å². The highest BCUT2D eigenvalue weighted by Gasteiger charge is 2.64. The standard InChI is InChI=1S/C25H30ClN3O2/c1-14(2)18-10-8-17(13-28-18)21(30)29-22-24(4,5)23(25(22,6)7)31-19-11-9-16(12-27)20(26)15(19)3/h8-11,13-14,22-23H,1-7H3,(H,29,30). The van der Waals surface area contributed by atoms with Gasteiger partial charge in [0, 0.05) is 34.3 Å². The second-order valence-electron chi connectivity index (χ2n) is 9.84. The lowest BCUT2D eigenvalue weighted by atomic mass is 9.49. The Kier molecular flexibility index (Phi) is 6.08. The number of benzene rings is 1. The monoisotopic (exact) mass is 439 g/mol. The molecule has 6 heteroatoms. The molecule has 1 aliphatic carbocycles. The van der Waals surface area contributed by atoms with Gasteiger partial charge in [0.05, 0.1) is 16.1 Å². The summed E-state index contributed by atoms with van der Waals surface area (Å²) in [5, 5.41) is 12.8. The molecule has 1 N–H and O–H groups in total. The number of amides is 1. The first kappa shape index (κ1) is 23.1. The van der Waals surface area contributed by atoms with Gasteiger partial charge in [0.25, 0.3) is 5.91 Å². The number of carbonyl (C=O) groups is 1. The van der Waals surface area contributed by atoms with Gasteiger partial charge in [-0.15, -0.1) is 0 Å². The van der Waals surface area contributed by atoms with Crippen molar-refractivity contribution in [2.75, 3.05) is 0 Å². The maximum absolute atomic E-state index is 12.9. The van der Waals surface area contributed by atoms with Gasteiger partial charge < -0.3 is 10.1 Å². The fourth-order valence-electron chi connectivity index (χ4n) is 4.90. The average molecular weight is 440 g/mol. The van der Waals surface area contributed by atoms with Crippen molar-refractivity contribution in [3.63, 3.8) is 0 Å². The Morgan fingerprint density at radius 2 is 1.84 bits per heavy atom. The summed E-state index contributed by atoms with van der Waals surface area (Å²) >= 11 is 6.32. The van der Waals surface area contributed by atoms with Crippen LogP contribution in [0, 0.1) is 29.1 Å². The van der Waals surface area contributed by atoms with Gasteiger partial charge in [-0.25, -0.2) is 0 Å². The molecule has 1 aliphatic rings. The normalized spacial score (nSPS) is 21.2. The molecule has 0 atom stereocenters. The van der Waals surface area contributed by atoms with E-state index in [2.05, 4.69) is 57.9 Å². The number of nitrogens with one attached hydrogen (secondary N) is 1. The third-order valence-electron chi connectivity index (χ3n) is 6.46. The van der Waals surface area contributed by atoms with Crippen molar-refractivity contribution < 1.29 is 9.53 Å². The van der Waals surface area contributed by atoms with Gasteiger partial charge in [0.1, 0.15) is 17.9 Å². The summed E-state index contributed by atoms with van der Waals surface area (Å²) < 4.78 is 6.39. The van der Waals surface area contributed by atoms with Crippen LogP contribution in [0.15, 0.2) is 30.5 Å². The molecule has 5 nitrogen and oxygen atoms in total. The molecule has 0 saturated heterocycles. The number of hydrogen-bond donors (Lipinski definition) is 1. The summed E-state index contributed by atoms with van der Waals surface area (Å²) in [6, 6.07) is 9.20. The lowest BCUT2D eigenvalue weighted by Gasteiger charge is -2.63. The maximum atomic E-state index is 12.9. The van der Waals surface area contributed by atoms with E-state index in [-0.39, 0.29) is 28.9 Å². The Balaban J connectivity index is 1.77. The number of halogens is 1. The molecule has 0 spiro atoms. The average Bonchev–Trinajstić information content (AvgIpc) is 2.72. The van der Waals surface area contributed by atoms with E-state index >= 15 is 0 Å². The molecule has 164 valence electrons. The van der Waals surface area contributed by atoms with Crippen molar-refractivity contribution >= 4 is 17.5 Å². The van der Waals surface area contributed by atoms with E-state index < -0.39 is 0 Å². The number of ether oxygens (including phenoxy) is 1. The predicted octanol–water partition coefficient (Wildman–Crippen LogP) is 5.65. The topological polar surface area (TPSA) is 75.0 Å². The number of aromatic nitrogens is 1. The Hall–Kier alpha value is -2.58. The molecule has 1 saturated carbocycles. The summed E-state index contributed by atoms with van der Waals surface area (Å²) in [7, 11) is 0. The number of carbonyl (C=O) groups excluding carboxylic acids is 1. The van der Waals surface area contributed by atoms with Gasteiger partial charge in [0.2, 0.25) is 0 Å². The minimum atomic E-state index is -0.308. The molecule has 0 bridgehead atoms. The predicted molar refractivity (Wildman–Crippen MR) is 122 cm³/mol. The van der Waals surface area contributed by atoms with E-state index in [1.807, 2.05) is 19.1 Å². The molecule has 1 aromatic carbocycles. The van der Waals surface area contributed by atoms with Crippen LogP contribution in [0.3, 0.4) is 0 Å². The molecular weight excluding hydrogens is 410 g/mol. The van der Waals surface area contributed by atoms with Crippen molar-refractivity contribution in [2.24, 2.45) is 10.8 Å². The SMILES string of the molecule is Cc1c(OC2C(C)(C)C(NC(=O)c3ccc(C(C)C)nc3)C2(C)C)ccc(C#N)c1Cl. The lowest BCUT2D eigenvalue weighted by Crippen LogP contribution is -2.74. The van der Waals surface area contributed by atoms with E-state index in [0.29, 0.717) is 27.8 Å². The Labute approximate surface area is 189 Å². The molecule has 0 unspecified atom stereocenters. The summed E-state index contributed by atoms with van der Waals surface area (Å²) in [5.41, 5.74) is 2.08. The molecule has 31 heavy (non-hydrogen) atoms. The van der Waals surface area contributed by atoms with Crippen molar-refractivity contribution in [2.45, 2.75) is 66.5 Å². The molecular formula is C25H30ClN3O2. The number of nitriles is 1. The van der Waals surface area contributed by atoms with Crippen LogP contribution >= 0.6 is 11.6 Å². The highest BCUT2D eigenvalue weighted by atomic mass is 35.5. The zero-order valence-corrected chi connectivity index (χ0v) is 20.0. The highest BCUT2D eigenvalue weighted by Crippen LogP contribution is 2.56. The number of hydrogen-bond acceptors (Lipinski definition) is 4. The molecule has 0 aliphatic heterocycles. The van der Waals surface area contributed by atoms with Crippen molar-refractivity contribution in [1.82, 2.24) is 10.3 Å². The van der Waals surface area contributed by atoms with E-state index in [4.69, 9.17) is 16.3 Å². The maximum Gasteiger partial charge on any atom is 0.253 e. The fourth-order valence-corrected chi connectivity index (χ4v) is 5.10. The first-order valence-electron chi connectivity index (χ1n) is 10.5. The van der Waals surface area contributed by atoms with Crippen molar-refractivity contribution in [3.05, 3.63) is 57.9 Å². The number of pyridine rings is 1. The minimum Gasteiger partial charge on any atom is -0.489 e. The Morgan fingerprint density at radius 1 is 1.19 bits per heavy atom. The fraction of sp³-hybridized carbons (Fsp3) is 0.480. The summed E-state index contributed by atoms with van der Waals surface area (Å²) in [5.74, 6) is 0.845. The van der Waals surface area contributed by atoms with Crippen molar-refractivity contribution in [1.29, 1.82) is 5.26 Å². The summed E-state index contributed by atoms with van der Waals surface area (Å²) in [6.45, 7) is 14.4. The lowest BCUT2D eigenvalue weighted by molar-refractivity contribution is -0.164. The molecule has 1 aromatic heterocycles. The molecule has 2 aromatic rings. The van der Waals surface area contributed by atoms with Gasteiger partial charge in [0.15, 0.2) is 0 Å². The first-order chi connectivity index (χ1) is 14.4. The molecule has 3 rings (SSSR count). The van der Waals surface area contributed by atoms with Crippen LogP contribution in [0.4, 0.5) is 0 Å². The van der Waals surface area contributed by atoms with Crippen LogP contribution in [0.25, 0.3) is 0 Å². The molecule has 1 amide bonds. The third-order valence-corrected chi connectivity index (χ3v) is 6.94. The highest BCUT2D eigenvalue weighted by molar-refractivity contribution is 6.32. The largest absolute Gasteiger partial charge is 0.489 e. The van der Waals surface area contributed by atoms with E-state index in [1.165, 1.54) is 0 Å². The quantitative estimate of drug-likeness (QED) is 0.653. The van der Waals surface area contributed by atoms with E-state index in [1.54, 1.807) is 18.3 Å². The van der Waals surface area contributed by atoms with Crippen molar-refractivity contribution in [3.8, 4) is 11.8 Å². The van der Waals surface area contributed by atoms with Gasteiger partial charge in [-0.1, -0.05) is 53.1 Å². The smallest absolute Gasteiger partial charge is 0.253 e. The number of rotatable bonds is 5. The first-order valence-corrected chi connectivity index (χ1v) is 10.9. The Bertz CT molecular complexity index is 1020. The third kappa shape index (κ3) is 4.02. The van der Waals surface area contributed by atoms with Crippen LogP contribution in [-0.4, -0.2) is 23.0 Å². The second kappa shape index (κ2) is 8.16. The van der Waals surface area contributed by atoms with Crippen LogP contribution < -0.4 is 10.1 Å². The van der Waals surface area contributed by atoms with Crippen LogP contribution in [0.2, 0.25) is 5.02 Å². The van der Waals surface area contributed by atoms with E-state index in [9.17, 15) is 10.1 Å². The zero-order chi connectivity index (χ0) is 23.1. The van der Waals surface area contributed by atoms with Gasteiger partial charge in [-0.05, 0) is 37.1 Å². The number of nitrogens with zero attached hydrogens (tertiary/aromatic N) is 2. The van der Waals surface area contributed by atoms with Gasteiger partial charge >= 0.3 is 0 Å². The van der Waals surface area contributed by atoms with Crippen LogP contribution in [0.5, 0.6) is 5.75 Å². The second-order valence-corrected chi connectivity index (χ2v) is 10.2. The summed E-state index contributed by atoms with van der Waals surface area (Å²) in [6.07, 6.45) is 1.49. The zero-order valence-electron chi connectivity index (χ0n) is 19.2. The molecule has 0 radical (unpaired) electrons. The minimum absolute atomic E-state index is 0.0866. The van der Waals surface area contributed by atoms with Crippen LogP contribution in [0.1, 0.15) is 74.6 Å². The van der Waals surface area contributed by atoms with Gasteiger partial charge in [-0.2, -0.15) is 5.26 Å². The Morgan fingerprint density at radius 3 is 2.35 bits per heavy atom.